The second-order valence-electron chi connectivity index (χ2n) is 7.53. The van der Waals surface area contributed by atoms with Crippen LogP contribution in [0.1, 0.15) is 25.8 Å². The highest BCUT2D eigenvalue weighted by Gasteiger charge is 2.79. The monoisotopic (exact) mass is 332 g/mol. The van der Waals surface area contributed by atoms with Gasteiger partial charge in [0.15, 0.2) is 5.79 Å². The molecule has 0 N–H and O–H groups in total. The summed E-state index contributed by atoms with van der Waals surface area (Å²) in [7, 11) is 1.45. The summed E-state index contributed by atoms with van der Waals surface area (Å²) in [5.74, 6) is -0.442. The van der Waals surface area contributed by atoms with E-state index in [1.54, 1.807) is 0 Å². The Bertz CT molecular complexity index is 628. The fraction of sp³-hybridized carbons (Fsp3) is 0.632. The predicted molar refractivity (Wildman–Crippen MR) is 86.0 cm³/mol. The summed E-state index contributed by atoms with van der Waals surface area (Å²) >= 11 is 0. The molecule has 0 spiro atoms. The molecule has 1 aromatic carbocycles. The molecule has 130 valence electrons. The molecule has 3 aliphatic rings. The van der Waals surface area contributed by atoms with E-state index in [-0.39, 0.29) is 30.0 Å². The van der Waals surface area contributed by atoms with Crippen LogP contribution < -0.4 is 0 Å². The van der Waals surface area contributed by atoms with Crippen LogP contribution in [0, 0.1) is 17.3 Å². The standard InChI is InChI=1S/C19H24O5/c1-18(2)23-15-13(11-22-10-12-7-5-4-6-8-12)14-9-19(14,16(15)24-18)17(20)21-3/h4-8,13-16H,9-11H2,1-3H3/t13-,14-,15+,16+,19+/m0/s1. The topological polar surface area (TPSA) is 54.0 Å². The highest BCUT2D eigenvalue weighted by molar-refractivity contribution is 5.82. The van der Waals surface area contributed by atoms with Crippen LogP contribution in [-0.4, -0.2) is 37.7 Å². The number of ether oxygens (including phenoxy) is 4. The summed E-state index contributed by atoms with van der Waals surface area (Å²) < 4.78 is 23.2. The minimum Gasteiger partial charge on any atom is -0.469 e. The first-order valence-electron chi connectivity index (χ1n) is 8.54. The number of carbonyl (C=O) groups is 1. The Labute approximate surface area is 142 Å². The van der Waals surface area contributed by atoms with Crippen molar-refractivity contribution >= 4 is 5.97 Å². The molecule has 1 heterocycles. The Kier molecular flexibility index (Phi) is 3.71. The van der Waals surface area contributed by atoms with Crippen molar-refractivity contribution in [1.29, 1.82) is 0 Å². The molecule has 0 amide bonds. The second kappa shape index (κ2) is 5.55. The molecule has 2 aliphatic carbocycles. The number of esters is 1. The number of hydrogen-bond donors (Lipinski definition) is 0. The first-order valence-corrected chi connectivity index (χ1v) is 8.54. The lowest BCUT2D eigenvalue weighted by Crippen LogP contribution is -2.36. The molecule has 3 fully saturated rings. The Balaban J connectivity index is 1.47. The van der Waals surface area contributed by atoms with Gasteiger partial charge in [0.05, 0.1) is 26.4 Å². The summed E-state index contributed by atoms with van der Waals surface area (Å²) in [6, 6.07) is 10.1. The van der Waals surface area contributed by atoms with E-state index in [0.29, 0.717) is 13.2 Å². The molecular formula is C19H24O5. The molecule has 1 aliphatic heterocycles. The maximum absolute atomic E-state index is 12.4. The van der Waals surface area contributed by atoms with Gasteiger partial charge in [-0.2, -0.15) is 0 Å². The van der Waals surface area contributed by atoms with Crippen molar-refractivity contribution in [2.45, 2.75) is 44.9 Å². The molecule has 5 heteroatoms. The average molecular weight is 332 g/mol. The van der Waals surface area contributed by atoms with Crippen molar-refractivity contribution in [3.05, 3.63) is 35.9 Å². The molecule has 4 rings (SSSR count). The van der Waals surface area contributed by atoms with Crippen molar-refractivity contribution < 1.29 is 23.7 Å². The van der Waals surface area contributed by atoms with Gasteiger partial charge in [-0.1, -0.05) is 30.3 Å². The predicted octanol–water partition coefficient (Wildman–Crippen LogP) is 2.53. The van der Waals surface area contributed by atoms with Gasteiger partial charge in [-0.15, -0.1) is 0 Å². The van der Waals surface area contributed by atoms with Crippen molar-refractivity contribution in [2.24, 2.45) is 17.3 Å². The number of benzene rings is 1. The number of rotatable bonds is 5. The van der Waals surface area contributed by atoms with Gasteiger partial charge in [0.25, 0.3) is 0 Å². The number of hydrogen-bond acceptors (Lipinski definition) is 5. The summed E-state index contributed by atoms with van der Waals surface area (Å²) in [6.07, 6.45) is 0.475. The third-order valence-electron chi connectivity index (χ3n) is 5.62. The first kappa shape index (κ1) is 16.1. The van der Waals surface area contributed by atoms with Gasteiger partial charge in [-0.25, -0.2) is 0 Å². The van der Waals surface area contributed by atoms with E-state index in [4.69, 9.17) is 18.9 Å². The fourth-order valence-corrected chi connectivity index (χ4v) is 4.53. The van der Waals surface area contributed by atoms with Crippen LogP contribution >= 0.6 is 0 Å². The average Bonchev–Trinajstić information content (AvgIpc) is 3.16. The minimum absolute atomic E-state index is 0.103. The zero-order valence-electron chi connectivity index (χ0n) is 14.4. The Morgan fingerprint density at radius 3 is 2.71 bits per heavy atom. The SMILES string of the molecule is COC(=O)[C@]12C[C@H]1[C@H](COCc1ccccc1)[C@H]1OC(C)(C)O[C@H]12. The van der Waals surface area contributed by atoms with Crippen LogP contribution in [0.2, 0.25) is 0 Å². The van der Waals surface area contributed by atoms with Crippen LogP contribution in [0.3, 0.4) is 0 Å². The lowest BCUT2D eigenvalue weighted by molar-refractivity contribution is -0.173. The molecule has 0 bridgehead atoms. The van der Waals surface area contributed by atoms with Gasteiger partial charge in [0.2, 0.25) is 0 Å². The molecule has 0 aromatic heterocycles. The number of carbonyl (C=O) groups excluding carboxylic acids is 1. The third-order valence-corrected chi connectivity index (χ3v) is 5.62. The highest BCUT2D eigenvalue weighted by Crippen LogP contribution is 2.70. The lowest BCUT2D eigenvalue weighted by Gasteiger charge is -2.22. The number of fused-ring (bicyclic) bond motifs is 3. The van der Waals surface area contributed by atoms with E-state index in [1.165, 1.54) is 7.11 Å². The molecular weight excluding hydrogens is 308 g/mol. The van der Waals surface area contributed by atoms with E-state index in [2.05, 4.69) is 0 Å². The summed E-state index contributed by atoms with van der Waals surface area (Å²) in [4.78, 5) is 12.4. The second-order valence-corrected chi connectivity index (χ2v) is 7.53. The van der Waals surface area contributed by atoms with Crippen LogP contribution in [0.25, 0.3) is 0 Å². The zero-order valence-corrected chi connectivity index (χ0v) is 14.4. The molecule has 2 saturated carbocycles. The van der Waals surface area contributed by atoms with Crippen LogP contribution in [0.4, 0.5) is 0 Å². The zero-order chi connectivity index (χ0) is 16.9. The van der Waals surface area contributed by atoms with Crippen molar-refractivity contribution in [3.8, 4) is 0 Å². The molecule has 0 unspecified atom stereocenters. The molecule has 5 nitrogen and oxygen atoms in total. The summed E-state index contributed by atoms with van der Waals surface area (Å²) in [5.41, 5.74) is 0.611. The van der Waals surface area contributed by atoms with E-state index >= 15 is 0 Å². The molecule has 1 saturated heterocycles. The van der Waals surface area contributed by atoms with Crippen LogP contribution in [-0.2, 0) is 30.3 Å². The van der Waals surface area contributed by atoms with E-state index in [0.717, 1.165) is 12.0 Å². The highest BCUT2D eigenvalue weighted by atomic mass is 16.8. The summed E-state index contributed by atoms with van der Waals surface area (Å²) in [6.45, 7) is 4.93. The van der Waals surface area contributed by atoms with Gasteiger partial charge < -0.3 is 18.9 Å². The van der Waals surface area contributed by atoms with Crippen molar-refractivity contribution in [2.75, 3.05) is 13.7 Å². The molecule has 1 aromatic rings. The van der Waals surface area contributed by atoms with Gasteiger partial charge in [0, 0.05) is 5.92 Å². The lowest BCUT2D eigenvalue weighted by atomic mass is 9.98. The van der Waals surface area contributed by atoms with Gasteiger partial charge in [0.1, 0.15) is 11.5 Å². The maximum Gasteiger partial charge on any atom is 0.314 e. The van der Waals surface area contributed by atoms with Crippen molar-refractivity contribution in [1.82, 2.24) is 0 Å². The quantitative estimate of drug-likeness (QED) is 0.776. The Hall–Kier alpha value is -1.43. The normalized spacial score (nSPS) is 38.5. The van der Waals surface area contributed by atoms with Gasteiger partial charge in [-0.3, -0.25) is 4.79 Å². The van der Waals surface area contributed by atoms with Crippen molar-refractivity contribution in [3.63, 3.8) is 0 Å². The van der Waals surface area contributed by atoms with Gasteiger partial charge >= 0.3 is 5.97 Å². The maximum atomic E-state index is 12.4. The fourth-order valence-electron chi connectivity index (χ4n) is 4.53. The number of methoxy groups -OCH3 is 1. The van der Waals surface area contributed by atoms with Crippen LogP contribution in [0.15, 0.2) is 30.3 Å². The van der Waals surface area contributed by atoms with E-state index < -0.39 is 11.2 Å². The first-order chi connectivity index (χ1) is 11.5. The van der Waals surface area contributed by atoms with E-state index in [9.17, 15) is 4.79 Å². The smallest absolute Gasteiger partial charge is 0.314 e. The van der Waals surface area contributed by atoms with E-state index in [1.807, 2.05) is 44.2 Å². The minimum atomic E-state index is -0.665. The summed E-state index contributed by atoms with van der Waals surface area (Å²) in [5, 5.41) is 0. The molecule has 5 atom stereocenters. The Morgan fingerprint density at radius 1 is 1.25 bits per heavy atom. The third kappa shape index (κ3) is 2.38. The van der Waals surface area contributed by atoms with Gasteiger partial charge in [-0.05, 0) is 31.7 Å². The Morgan fingerprint density at radius 2 is 2.00 bits per heavy atom. The van der Waals surface area contributed by atoms with Crippen LogP contribution in [0.5, 0.6) is 0 Å². The molecule has 0 radical (unpaired) electrons. The molecule has 24 heavy (non-hydrogen) atoms. The largest absolute Gasteiger partial charge is 0.469 e.